The molecule has 164 valence electrons. The molecule has 2 fully saturated rings. The van der Waals surface area contributed by atoms with Gasteiger partial charge in [0.15, 0.2) is 0 Å². The molecule has 6 heteroatoms. The number of anilines is 1. The Morgan fingerprint density at radius 1 is 1.06 bits per heavy atom. The first-order chi connectivity index (χ1) is 15.1. The highest BCUT2D eigenvalue weighted by Gasteiger charge is 2.29. The first-order valence-corrected chi connectivity index (χ1v) is 11.1. The Bertz CT molecular complexity index is 906. The maximum Gasteiger partial charge on any atom is 0.253 e. The molecule has 0 bridgehead atoms. The van der Waals surface area contributed by atoms with Crippen LogP contribution >= 0.6 is 0 Å². The van der Waals surface area contributed by atoms with Gasteiger partial charge in [-0.3, -0.25) is 14.5 Å². The van der Waals surface area contributed by atoms with Crippen molar-refractivity contribution >= 4 is 17.5 Å². The summed E-state index contributed by atoms with van der Waals surface area (Å²) in [7, 11) is 0. The molecule has 0 spiro atoms. The van der Waals surface area contributed by atoms with Crippen molar-refractivity contribution < 1.29 is 14.3 Å². The van der Waals surface area contributed by atoms with E-state index in [0.717, 1.165) is 56.9 Å². The van der Waals surface area contributed by atoms with Crippen molar-refractivity contribution in [2.75, 3.05) is 44.7 Å². The van der Waals surface area contributed by atoms with Crippen LogP contribution in [0, 0.1) is 12.8 Å². The minimum atomic E-state index is -0.189. The topological polar surface area (TPSA) is 61.9 Å². The predicted octanol–water partition coefficient (Wildman–Crippen LogP) is 3.32. The number of hydrogen-bond acceptors (Lipinski definition) is 4. The zero-order valence-corrected chi connectivity index (χ0v) is 18.2. The maximum absolute atomic E-state index is 12.9. The largest absolute Gasteiger partial charge is 0.379 e. The first-order valence-electron chi connectivity index (χ1n) is 11.1. The maximum atomic E-state index is 12.9. The van der Waals surface area contributed by atoms with Crippen molar-refractivity contribution in [3.63, 3.8) is 0 Å². The summed E-state index contributed by atoms with van der Waals surface area (Å²) in [6, 6.07) is 15.7. The summed E-state index contributed by atoms with van der Waals surface area (Å²) in [6.45, 7) is 7.44. The van der Waals surface area contributed by atoms with Crippen LogP contribution in [-0.2, 0) is 16.1 Å². The number of carbonyl (C=O) groups is 2. The molecule has 31 heavy (non-hydrogen) atoms. The molecule has 0 saturated carbocycles. The van der Waals surface area contributed by atoms with Gasteiger partial charge in [-0.05, 0) is 49.6 Å². The van der Waals surface area contributed by atoms with Crippen LogP contribution in [0.5, 0.6) is 0 Å². The first kappa shape index (κ1) is 21.5. The summed E-state index contributed by atoms with van der Waals surface area (Å²) in [6.07, 6.45) is 1.64. The molecule has 0 aliphatic carbocycles. The molecule has 1 unspecified atom stereocenters. The van der Waals surface area contributed by atoms with E-state index in [1.165, 1.54) is 5.56 Å². The van der Waals surface area contributed by atoms with E-state index >= 15 is 0 Å². The Morgan fingerprint density at radius 2 is 1.84 bits per heavy atom. The molecule has 6 nitrogen and oxygen atoms in total. The molecule has 2 aliphatic rings. The highest BCUT2D eigenvalue weighted by molar-refractivity contribution is 5.96. The molecule has 2 aromatic carbocycles. The molecule has 1 atom stereocenters. The van der Waals surface area contributed by atoms with E-state index < -0.39 is 0 Å². The van der Waals surface area contributed by atoms with Gasteiger partial charge in [0.05, 0.1) is 19.1 Å². The summed E-state index contributed by atoms with van der Waals surface area (Å²) in [4.78, 5) is 30.0. The van der Waals surface area contributed by atoms with Crippen LogP contribution in [-0.4, -0.2) is 61.0 Å². The minimum Gasteiger partial charge on any atom is -0.379 e. The van der Waals surface area contributed by atoms with Crippen molar-refractivity contribution in [3.8, 4) is 0 Å². The van der Waals surface area contributed by atoms with Crippen LogP contribution in [0.25, 0.3) is 0 Å². The summed E-state index contributed by atoms with van der Waals surface area (Å²) in [5.41, 5.74) is 3.81. The van der Waals surface area contributed by atoms with Crippen molar-refractivity contribution in [2.45, 2.75) is 26.3 Å². The molecular formula is C25H31N3O3. The van der Waals surface area contributed by atoms with E-state index in [1.807, 2.05) is 54.3 Å². The SMILES string of the molecule is Cc1ccc(C(=O)N2CCCC(C(=O)Nc3cccc(CN4CCOCC4)c3)C2)cc1. The van der Waals surface area contributed by atoms with Gasteiger partial charge in [-0.2, -0.15) is 0 Å². The number of carbonyl (C=O) groups excluding carboxylic acids is 2. The van der Waals surface area contributed by atoms with Crippen molar-refractivity contribution in [1.82, 2.24) is 9.80 Å². The zero-order chi connectivity index (χ0) is 21.6. The van der Waals surface area contributed by atoms with Crippen LogP contribution in [0.3, 0.4) is 0 Å². The second-order valence-corrected chi connectivity index (χ2v) is 8.53. The van der Waals surface area contributed by atoms with Crippen LogP contribution in [0.1, 0.15) is 34.3 Å². The second-order valence-electron chi connectivity index (χ2n) is 8.53. The average Bonchev–Trinajstić information content (AvgIpc) is 2.80. The quantitative estimate of drug-likeness (QED) is 0.805. The molecule has 0 aromatic heterocycles. The van der Waals surface area contributed by atoms with E-state index in [9.17, 15) is 9.59 Å². The molecule has 0 radical (unpaired) electrons. The number of hydrogen-bond donors (Lipinski definition) is 1. The summed E-state index contributed by atoms with van der Waals surface area (Å²) >= 11 is 0. The van der Waals surface area contributed by atoms with E-state index in [0.29, 0.717) is 18.7 Å². The van der Waals surface area contributed by atoms with Crippen molar-refractivity contribution in [2.24, 2.45) is 5.92 Å². The number of aryl methyl sites for hydroxylation is 1. The van der Waals surface area contributed by atoms with Gasteiger partial charge < -0.3 is 15.0 Å². The Balaban J connectivity index is 1.35. The van der Waals surface area contributed by atoms with Gasteiger partial charge in [0.25, 0.3) is 5.91 Å². The molecule has 2 heterocycles. The molecule has 2 amide bonds. The van der Waals surface area contributed by atoms with Crippen molar-refractivity contribution in [1.29, 1.82) is 0 Å². The van der Waals surface area contributed by atoms with E-state index in [2.05, 4.69) is 16.3 Å². The number of nitrogens with zero attached hydrogens (tertiary/aromatic N) is 2. The van der Waals surface area contributed by atoms with Gasteiger partial charge in [0, 0.05) is 44.0 Å². The number of amides is 2. The molecule has 1 N–H and O–H groups in total. The lowest BCUT2D eigenvalue weighted by molar-refractivity contribution is -0.121. The summed E-state index contributed by atoms with van der Waals surface area (Å²) in [5, 5.41) is 3.08. The van der Waals surface area contributed by atoms with Gasteiger partial charge in [-0.25, -0.2) is 0 Å². The lowest BCUT2D eigenvalue weighted by Crippen LogP contribution is -2.43. The van der Waals surface area contributed by atoms with E-state index in [4.69, 9.17) is 4.74 Å². The normalized spacial score (nSPS) is 19.8. The second kappa shape index (κ2) is 10.1. The van der Waals surface area contributed by atoms with Crippen LogP contribution in [0.15, 0.2) is 48.5 Å². The fourth-order valence-electron chi connectivity index (χ4n) is 4.26. The molecule has 2 saturated heterocycles. The molecule has 2 aliphatic heterocycles. The molecular weight excluding hydrogens is 390 g/mol. The number of ether oxygens (including phenoxy) is 1. The number of rotatable bonds is 5. The van der Waals surface area contributed by atoms with Crippen molar-refractivity contribution in [3.05, 3.63) is 65.2 Å². The van der Waals surface area contributed by atoms with Gasteiger partial charge in [0.1, 0.15) is 0 Å². The fourth-order valence-corrected chi connectivity index (χ4v) is 4.26. The Hall–Kier alpha value is -2.70. The highest BCUT2D eigenvalue weighted by Crippen LogP contribution is 2.21. The van der Waals surface area contributed by atoms with E-state index in [1.54, 1.807) is 0 Å². The standard InChI is InChI=1S/C25H31N3O3/c1-19-7-9-21(10-8-19)25(30)28-11-3-5-22(18-28)24(29)26-23-6-2-4-20(16-23)17-27-12-14-31-15-13-27/h2,4,6-10,16,22H,3,5,11-15,17-18H2,1H3,(H,26,29). The Labute approximate surface area is 184 Å². The van der Waals surface area contributed by atoms with Gasteiger partial charge in [-0.15, -0.1) is 0 Å². The third kappa shape index (κ3) is 5.71. The van der Waals surface area contributed by atoms with Gasteiger partial charge >= 0.3 is 0 Å². The van der Waals surface area contributed by atoms with Gasteiger partial charge in [-0.1, -0.05) is 29.8 Å². The van der Waals surface area contributed by atoms with Crippen LogP contribution in [0.2, 0.25) is 0 Å². The van der Waals surface area contributed by atoms with Gasteiger partial charge in [0.2, 0.25) is 5.91 Å². The van der Waals surface area contributed by atoms with Crippen LogP contribution < -0.4 is 5.32 Å². The summed E-state index contributed by atoms with van der Waals surface area (Å²) in [5.74, 6) is -0.194. The average molecular weight is 422 g/mol. The number of piperidine rings is 1. The lowest BCUT2D eigenvalue weighted by atomic mass is 9.96. The molecule has 2 aromatic rings. The Morgan fingerprint density at radius 3 is 2.61 bits per heavy atom. The zero-order valence-electron chi connectivity index (χ0n) is 18.2. The minimum absolute atomic E-state index is 0.00464. The summed E-state index contributed by atoms with van der Waals surface area (Å²) < 4.78 is 5.41. The smallest absolute Gasteiger partial charge is 0.253 e. The number of morpholine rings is 1. The lowest BCUT2D eigenvalue weighted by Gasteiger charge is -2.32. The fraction of sp³-hybridized carbons (Fsp3) is 0.440. The number of likely N-dealkylation sites (tertiary alicyclic amines) is 1. The third-order valence-electron chi connectivity index (χ3n) is 6.08. The Kier molecular flexibility index (Phi) is 6.99. The van der Waals surface area contributed by atoms with Crippen LogP contribution in [0.4, 0.5) is 5.69 Å². The molecule has 4 rings (SSSR count). The number of nitrogens with one attached hydrogen (secondary N) is 1. The monoisotopic (exact) mass is 421 g/mol. The highest BCUT2D eigenvalue weighted by atomic mass is 16.5. The third-order valence-corrected chi connectivity index (χ3v) is 6.08. The number of benzene rings is 2. The predicted molar refractivity (Wildman–Crippen MR) is 121 cm³/mol. The van der Waals surface area contributed by atoms with E-state index in [-0.39, 0.29) is 17.7 Å².